The first-order valence-electron chi connectivity index (χ1n) is 7.79. The fourth-order valence-electron chi connectivity index (χ4n) is 2.87. The van der Waals surface area contributed by atoms with Gasteiger partial charge in [-0.2, -0.15) is 0 Å². The maximum atomic E-state index is 12.1. The lowest BCUT2D eigenvalue weighted by Crippen LogP contribution is -2.36. The number of hydrogen-bond acceptors (Lipinski definition) is 3. The minimum atomic E-state index is -0.463. The van der Waals surface area contributed by atoms with Crippen molar-refractivity contribution in [3.63, 3.8) is 0 Å². The molecule has 3 aromatic rings. The summed E-state index contributed by atoms with van der Waals surface area (Å²) >= 11 is 6.14. The van der Waals surface area contributed by atoms with E-state index < -0.39 is 10.9 Å². The van der Waals surface area contributed by atoms with E-state index in [1.165, 1.54) is 5.56 Å². The molecule has 3 nitrogen and oxygen atoms in total. The number of hydrogen-bond donors (Lipinski definition) is 1. The van der Waals surface area contributed by atoms with E-state index in [-0.39, 0.29) is 0 Å². The zero-order valence-corrected chi connectivity index (χ0v) is 14.6. The zero-order chi connectivity index (χ0) is 17.4. The van der Waals surface area contributed by atoms with Crippen molar-refractivity contribution in [3.8, 4) is 11.1 Å². The summed E-state index contributed by atoms with van der Waals surface area (Å²) in [6.45, 7) is 6.39. The lowest BCUT2D eigenvalue weighted by molar-refractivity contribution is 1.13. The van der Waals surface area contributed by atoms with Crippen LogP contribution in [-0.2, 0) is 6.54 Å². The van der Waals surface area contributed by atoms with Crippen LogP contribution in [0.4, 0.5) is 5.69 Å². The smallest absolute Gasteiger partial charge is 0.250 e. The molecule has 0 spiro atoms. The highest BCUT2D eigenvalue weighted by atomic mass is 35.5. The molecule has 0 fully saturated rings. The molecule has 122 valence electrons. The molecule has 0 aromatic heterocycles. The van der Waals surface area contributed by atoms with Gasteiger partial charge in [-0.3, -0.25) is 9.59 Å². The molecule has 1 N–H and O–H groups in total. The summed E-state index contributed by atoms with van der Waals surface area (Å²) < 4.78 is 0. The Morgan fingerprint density at radius 2 is 1.58 bits per heavy atom. The van der Waals surface area contributed by atoms with Crippen molar-refractivity contribution in [1.29, 1.82) is 0 Å². The minimum Gasteiger partial charge on any atom is -0.377 e. The molecule has 3 rings (SSSR count). The Balaban J connectivity index is 1.97. The number of nitrogens with one attached hydrogen (secondary N) is 1. The number of rotatable bonds is 4. The van der Waals surface area contributed by atoms with E-state index in [9.17, 15) is 9.59 Å². The molecule has 0 aliphatic rings. The highest BCUT2D eigenvalue weighted by Gasteiger charge is 2.23. The SMILES string of the molecule is Cc1cc(C)c(-c2c(NCc3ccccc3Cl)c(=O)c2=O)cc1C. The van der Waals surface area contributed by atoms with Crippen molar-refractivity contribution < 1.29 is 0 Å². The van der Waals surface area contributed by atoms with Crippen molar-refractivity contribution in [2.75, 3.05) is 5.32 Å². The molecule has 4 heteroatoms. The maximum absolute atomic E-state index is 12.1. The molecule has 0 amide bonds. The third-order valence-corrected chi connectivity index (χ3v) is 4.80. The van der Waals surface area contributed by atoms with Gasteiger partial charge in [-0.25, -0.2) is 0 Å². The van der Waals surface area contributed by atoms with E-state index in [4.69, 9.17) is 11.6 Å². The predicted octanol–water partition coefficient (Wildman–Crippen LogP) is 4.14. The summed E-state index contributed by atoms with van der Waals surface area (Å²) in [6.07, 6.45) is 0. The first kappa shape index (κ1) is 16.5. The van der Waals surface area contributed by atoms with Gasteiger partial charge in [-0.05, 0) is 54.7 Å². The van der Waals surface area contributed by atoms with Crippen LogP contribution in [0.25, 0.3) is 11.1 Å². The average Bonchev–Trinajstić information content (AvgIpc) is 2.56. The highest BCUT2D eigenvalue weighted by Crippen LogP contribution is 2.29. The van der Waals surface area contributed by atoms with Gasteiger partial charge in [0.1, 0.15) is 0 Å². The first-order chi connectivity index (χ1) is 11.4. The van der Waals surface area contributed by atoms with Crippen LogP contribution < -0.4 is 16.2 Å². The van der Waals surface area contributed by atoms with E-state index >= 15 is 0 Å². The summed E-state index contributed by atoms with van der Waals surface area (Å²) in [5.41, 5.74) is 4.93. The monoisotopic (exact) mass is 339 g/mol. The molecular weight excluding hydrogens is 322 g/mol. The van der Waals surface area contributed by atoms with Crippen LogP contribution in [0.2, 0.25) is 5.02 Å². The van der Waals surface area contributed by atoms with Crippen molar-refractivity contribution in [2.24, 2.45) is 0 Å². The largest absolute Gasteiger partial charge is 0.377 e. The maximum Gasteiger partial charge on any atom is 0.250 e. The lowest BCUT2D eigenvalue weighted by atomic mass is 9.91. The topological polar surface area (TPSA) is 46.2 Å². The molecule has 0 bridgehead atoms. The van der Waals surface area contributed by atoms with Crippen LogP contribution in [-0.4, -0.2) is 0 Å². The molecule has 0 saturated heterocycles. The Labute approximate surface area is 145 Å². The normalized spacial score (nSPS) is 11.0. The Kier molecular flexibility index (Phi) is 4.29. The summed E-state index contributed by atoms with van der Waals surface area (Å²) in [4.78, 5) is 24.1. The van der Waals surface area contributed by atoms with Crippen molar-refractivity contribution in [3.05, 3.63) is 84.1 Å². The number of halogens is 1. The van der Waals surface area contributed by atoms with Gasteiger partial charge in [0.15, 0.2) is 0 Å². The molecule has 24 heavy (non-hydrogen) atoms. The second-order valence-corrected chi connectivity index (χ2v) is 6.51. The molecular formula is C20H18ClNO2. The van der Waals surface area contributed by atoms with Crippen LogP contribution in [0.5, 0.6) is 0 Å². The molecule has 0 saturated carbocycles. The third kappa shape index (κ3) is 2.76. The zero-order valence-electron chi connectivity index (χ0n) is 13.9. The number of anilines is 1. The highest BCUT2D eigenvalue weighted by molar-refractivity contribution is 6.31. The van der Waals surface area contributed by atoms with Gasteiger partial charge in [0.05, 0.1) is 11.3 Å². The lowest BCUT2D eigenvalue weighted by Gasteiger charge is -2.17. The van der Waals surface area contributed by atoms with Crippen LogP contribution >= 0.6 is 11.6 Å². The van der Waals surface area contributed by atoms with Gasteiger partial charge in [0.25, 0.3) is 0 Å². The Morgan fingerprint density at radius 1 is 0.917 bits per heavy atom. The molecule has 0 unspecified atom stereocenters. The van der Waals surface area contributed by atoms with E-state index in [2.05, 4.69) is 5.32 Å². The Morgan fingerprint density at radius 3 is 2.29 bits per heavy atom. The molecule has 0 radical (unpaired) electrons. The Hall–Kier alpha value is -2.39. The van der Waals surface area contributed by atoms with Gasteiger partial charge in [0, 0.05) is 11.6 Å². The van der Waals surface area contributed by atoms with Crippen molar-refractivity contribution >= 4 is 17.3 Å². The third-order valence-electron chi connectivity index (χ3n) is 4.43. The fourth-order valence-corrected chi connectivity index (χ4v) is 3.08. The van der Waals surface area contributed by atoms with Gasteiger partial charge >= 0.3 is 0 Å². The second-order valence-electron chi connectivity index (χ2n) is 6.10. The molecule has 3 aromatic carbocycles. The summed E-state index contributed by atoms with van der Waals surface area (Å²) in [6, 6.07) is 11.4. The fraction of sp³-hybridized carbons (Fsp3) is 0.200. The van der Waals surface area contributed by atoms with E-state index in [0.29, 0.717) is 22.8 Å². The quantitative estimate of drug-likeness (QED) is 0.727. The standard InChI is InChI=1S/C20H18ClNO2/c1-11-8-13(3)15(9-12(11)2)17-18(20(24)19(17)23)22-10-14-6-4-5-7-16(14)21/h4-9,22H,10H2,1-3H3. The second kappa shape index (κ2) is 6.25. The molecule has 0 aliphatic carbocycles. The molecule has 0 heterocycles. The van der Waals surface area contributed by atoms with Crippen molar-refractivity contribution in [2.45, 2.75) is 27.3 Å². The number of aryl methyl sites for hydroxylation is 3. The Bertz CT molecular complexity index is 998. The van der Waals surface area contributed by atoms with Gasteiger partial charge < -0.3 is 5.32 Å². The average molecular weight is 340 g/mol. The molecule has 0 aliphatic heterocycles. The summed E-state index contributed by atoms with van der Waals surface area (Å²) in [5.74, 6) is 0. The van der Waals surface area contributed by atoms with Gasteiger partial charge in [-0.1, -0.05) is 41.9 Å². The van der Waals surface area contributed by atoms with Crippen LogP contribution in [0.15, 0.2) is 46.0 Å². The van der Waals surface area contributed by atoms with E-state index in [1.807, 2.05) is 51.1 Å². The molecule has 0 atom stereocenters. The van der Waals surface area contributed by atoms with E-state index in [1.54, 1.807) is 6.07 Å². The minimum absolute atomic E-state index is 0.381. The summed E-state index contributed by atoms with van der Waals surface area (Å²) in [5, 5.41) is 3.72. The van der Waals surface area contributed by atoms with Gasteiger partial charge in [-0.15, -0.1) is 0 Å². The van der Waals surface area contributed by atoms with E-state index in [0.717, 1.165) is 22.3 Å². The van der Waals surface area contributed by atoms with Crippen LogP contribution in [0.1, 0.15) is 22.3 Å². The van der Waals surface area contributed by atoms with Crippen LogP contribution in [0.3, 0.4) is 0 Å². The van der Waals surface area contributed by atoms with Gasteiger partial charge in [0.2, 0.25) is 10.9 Å². The predicted molar refractivity (Wildman–Crippen MR) is 99.8 cm³/mol. The summed E-state index contributed by atoms with van der Waals surface area (Å²) in [7, 11) is 0. The van der Waals surface area contributed by atoms with Crippen LogP contribution in [0, 0.1) is 20.8 Å². The van der Waals surface area contributed by atoms with Crippen molar-refractivity contribution in [1.82, 2.24) is 0 Å². The first-order valence-corrected chi connectivity index (χ1v) is 8.16. The number of benzene rings is 2.